The number of carbonyl (C=O) groups excluding carboxylic acids is 1. The molecule has 1 amide bonds. The minimum Gasteiger partial charge on any atom is -0.492 e. The van der Waals surface area contributed by atoms with Crippen LogP contribution in [0.5, 0.6) is 5.75 Å². The zero-order valence-corrected chi connectivity index (χ0v) is 13.6. The summed E-state index contributed by atoms with van der Waals surface area (Å²) in [6.45, 7) is 2.06. The number of halogens is 1. The Morgan fingerprint density at radius 2 is 2.10 bits per heavy atom. The Bertz CT molecular complexity index is 640. The van der Waals surface area contributed by atoms with Crippen molar-refractivity contribution in [1.29, 1.82) is 0 Å². The first kappa shape index (κ1) is 16.1. The number of hydrogen-bond acceptors (Lipinski definition) is 4. The van der Waals surface area contributed by atoms with Crippen molar-refractivity contribution in [2.45, 2.75) is 37.1 Å². The highest BCUT2D eigenvalue weighted by Gasteiger charge is 2.27. The molecule has 0 radical (unpaired) electrons. The van der Waals surface area contributed by atoms with Gasteiger partial charge in [0.25, 0.3) is 15.0 Å². The lowest BCUT2D eigenvalue weighted by Crippen LogP contribution is -2.41. The molecular weight excluding hydrogens is 314 g/mol. The number of carbonyl (C=O) groups is 1. The normalized spacial score (nSPS) is 15.4. The van der Waals surface area contributed by atoms with Gasteiger partial charge in [-0.05, 0) is 44.4 Å². The second kappa shape index (κ2) is 6.23. The molecule has 0 spiro atoms. The molecule has 1 fully saturated rings. The fourth-order valence-electron chi connectivity index (χ4n) is 2.25. The standard InChI is InChI=1S/C14H18ClNO4S/c1-3-20-12-8-7-10(9-13(12)21(15,18)19)14(17)16(2)11-5-4-6-11/h7-9,11H,3-6H2,1-2H3. The van der Waals surface area contributed by atoms with Gasteiger partial charge in [0.15, 0.2) is 0 Å². The van der Waals surface area contributed by atoms with Crippen LogP contribution in [0.15, 0.2) is 23.1 Å². The van der Waals surface area contributed by atoms with Crippen LogP contribution >= 0.6 is 10.7 Å². The average molecular weight is 332 g/mol. The third-order valence-corrected chi connectivity index (χ3v) is 5.04. The summed E-state index contributed by atoms with van der Waals surface area (Å²) in [7, 11) is 3.18. The molecule has 5 nitrogen and oxygen atoms in total. The van der Waals surface area contributed by atoms with Crippen LogP contribution in [0.3, 0.4) is 0 Å². The predicted molar refractivity (Wildman–Crippen MR) is 80.4 cm³/mol. The molecule has 1 saturated carbocycles. The molecule has 0 aliphatic heterocycles. The summed E-state index contributed by atoms with van der Waals surface area (Å²) in [6.07, 6.45) is 3.09. The van der Waals surface area contributed by atoms with Crippen LogP contribution in [-0.4, -0.2) is 38.9 Å². The molecule has 7 heteroatoms. The molecule has 0 bridgehead atoms. The third kappa shape index (κ3) is 3.49. The number of benzene rings is 1. The van der Waals surface area contributed by atoms with E-state index in [1.807, 2.05) is 0 Å². The maximum Gasteiger partial charge on any atom is 0.265 e. The number of nitrogens with zero attached hydrogens (tertiary/aromatic N) is 1. The van der Waals surface area contributed by atoms with E-state index in [0.29, 0.717) is 12.2 Å². The number of amides is 1. The van der Waals surface area contributed by atoms with Crippen LogP contribution in [-0.2, 0) is 9.05 Å². The fraction of sp³-hybridized carbons (Fsp3) is 0.500. The Balaban J connectivity index is 2.34. The quantitative estimate of drug-likeness (QED) is 0.778. The van der Waals surface area contributed by atoms with Gasteiger partial charge in [-0.25, -0.2) is 8.42 Å². The molecule has 0 N–H and O–H groups in total. The third-order valence-electron chi connectivity index (χ3n) is 3.70. The van der Waals surface area contributed by atoms with Crippen molar-refractivity contribution in [2.75, 3.05) is 13.7 Å². The highest BCUT2D eigenvalue weighted by atomic mass is 35.7. The molecule has 2 rings (SSSR count). The Morgan fingerprint density at radius 3 is 2.57 bits per heavy atom. The summed E-state index contributed by atoms with van der Waals surface area (Å²) >= 11 is 0. The maximum absolute atomic E-state index is 12.4. The van der Waals surface area contributed by atoms with Gasteiger partial charge in [0, 0.05) is 29.3 Å². The average Bonchev–Trinajstić information content (AvgIpc) is 2.35. The second-order valence-electron chi connectivity index (χ2n) is 5.03. The summed E-state index contributed by atoms with van der Waals surface area (Å²) in [4.78, 5) is 13.9. The molecule has 1 aliphatic carbocycles. The number of rotatable bonds is 5. The number of ether oxygens (including phenoxy) is 1. The molecule has 0 aromatic heterocycles. The fourth-order valence-corrected chi connectivity index (χ4v) is 3.25. The van der Waals surface area contributed by atoms with Gasteiger partial charge in [-0.2, -0.15) is 0 Å². The Kier molecular flexibility index (Phi) is 4.78. The topological polar surface area (TPSA) is 63.7 Å². The monoisotopic (exact) mass is 331 g/mol. The van der Waals surface area contributed by atoms with Crippen LogP contribution < -0.4 is 4.74 Å². The van der Waals surface area contributed by atoms with E-state index in [2.05, 4.69) is 0 Å². The van der Waals surface area contributed by atoms with Crippen molar-refractivity contribution >= 4 is 25.6 Å². The van der Waals surface area contributed by atoms with Crippen LogP contribution in [0, 0.1) is 0 Å². The Morgan fingerprint density at radius 1 is 1.43 bits per heavy atom. The van der Waals surface area contributed by atoms with E-state index in [0.717, 1.165) is 19.3 Å². The molecular formula is C14H18ClNO4S. The van der Waals surface area contributed by atoms with Gasteiger partial charge in [-0.15, -0.1) is 0 Å². The first-order valence-electron chi connectivity index (χ1n) is 6.83. The van der Waals surface area contributed by atoms with Gasteiger partial charge in [0.05, 0.1) is 6.61 Å². The number of hydrogen-bond donors (Lipinski definition) is 0. The summed E-state index contributed by atoms with van der Waals surface area (Å²) in [5, 5.41) is 0. The molecule has 0 unspecified atom stereocenters. The van der Waals surface area contributed by atoms with E-state index in [1.54, 1.807) is 24.9 Å². The van der Waals surface area contributed by atoms with E-state index in [4.69, 9.17) is 15.4 Å². The molecule has 1 aromatic rings. The lowest BCUT2D eigenvalue weighted by Gasteiger charge is -2.34. The van der Waals surface area contributed by atoms with E-state index < -0.39 is 9.05 Å². The molecule has 0 atom stereocenters. The van der Waals surface area contributed by atoms with Crippen molar-refractivity contribution in [3.05, 3.63) is 23.8 Å². The van der Waals surface area contributed by atoms with Crippen molar-refractivity contribution < 1.29 is 17.9 Å². The lowest BCUT2D eigenvalue weighted by atomic mass is 9.91. The van der Waals surface area contributed by atoms with Gasteiger partial charge in [0.2, 0.25) is 0 Å². The first-order valence-corrected chi connectivity index (χ1v) is 9.14. The van der Waals surface area contributed by atoms with Gasteiger partial charge >= 0.3 is 0 Å². The van der Waals surface area contributed by atoms with Gasteiger partial charge in [-0.3, -0.25) is 4.79 Å². The molecule has 1 aliphatic rings. The van der Waals surface area contributed by atoms with Gasteiger partial charge in [-0.1, -0.05) is 0 Å². The smallest absolute Gasteiger partial charge is 0.265 e. The Labute approximate surface area is 129 Å². The first-order chi connectivity index (χ1) is 9.84. The van der Waals surface area contributed by atoms with Crippen molar-refractivity contribution in [2.24, 2.45) is 0 Å². The molecule has 0 saturated heterocycles. The minimum absolute atomic E-state index is 0.162. The summed E-state index contributed by atoms with van der Waals surface area (Å²) in [5.74, 6) is -0.0420. The summed E-state index contributed by atoms with van der Waals surface area (Å²) in [5.41, 5.74) is 0.298. The van der Waals surface area contributed by atoms with Crippen LogP contribution in [0.25, 0.3) is 0 Å². The van der Waals surface area contributed by atoms with Crippen LogP contribution in [0.2, 0.25) is 0 Å². The van der Waals surface area contributed by atoms with Crippen molar-refractivity contribution in [1.82, 2.24) is 4.90 Å². The summed E-state index contributed by atoms with van der Waals surface area (Å²) < 4.78 is 28.5. The van der Waals surface area contributed by atoms with E-state index in [-0.39, 0.29) is 22.6 Å². The molecule has 21 heavy (non-hydrogen) atoms. The lowest BCUT2D eigenvalue weighted by molar-refractivity contribution is 0.0651. The summed E-state index contributed by atoms with van der Waals surface area (Å²) in [6, 6.07) is 4.56. The largest absolute Gasteiger partial charge is 0.492 e. The van der Waals surface area contributed by atoms with Gasteiger partial charge in [0.1, 0.15) is 10.6 Å². The van der Waals surface area contributed by atoms with Crippen LogP contribution in [0.1, 0.15) is 36.5 Å². The van der Waals surface area contributed by atoms with Gasteiger partial charge < -0.3 is 9.64 Å². The zero-order valence-electron chi connectivity index (χ0n) is 12.0. The van der Waals surface area contributed by atoms with Crippen molar-refractivity contribution in [3.63, 3.8) is 0 Å². The Hall–Kier alpha value is -1.27. The van der Waals surface area contributed by atoms with E-state index >= 15 is 0 Å². The van der Waals surface area contributed by atoms with E-state index in [1.165, 1.54) is 12.1 Å². The molecule has 116 valence electrons. The SMILES string of the molecule is CCOc1ccc(C(=O)N(C)C2CCC2)cc1S(=O)(=O)Cl. The van der Waals surface area contributed by atoms with Crippen molar-refractivity contribution in [3.8, 4) is 5.75 Å². The maximum atomic E-state index is 12.4. The highest BCUT2D eigenvalue weighted by Crippen LogP contribution is 2.30. The molecule has 0 heterocycles. The zero-order chi connectivity index (χ0) is 15.6. The minimum atomic E-state index is -3.97. The van der Waals surface area contributed by atoms with E-state index in [9.17, 15) is 13.2 Å². The van der Waals surface area contributed by atoms with Crippen LogP contribution in [0.4, 0.5) is 0 Å². The second-order valence-corrected chi connectivity index (χ2v) is 7.57. The molecule has 1 aromatic carbocycles. The predicted octanol–water partition coefficient (Wildman–Crippen LogP) is 2.64. The highest BCUT2D eigenvalue weighted by molar-refractivity contribution is 8.13.